The van der Waals surface area contributed by atoms with E-state index in [2.05, 4.69) is 9.72 Å². The second-order valence-electron chi connectivity index (χ2n) is 2.57. The number of hydrogen-bond acceptors (Lipinski definition) is 2. The largest absolute Gasteiger partial charge is 0.573 e. The van der Waals surface area contributed by atoms with E-state index in [1.54, 1.807) is 0 Å². The minimum Gasteiger partial charge on any atom is -0.404 e. The summed E-state index contributed by atoms with van der Waals surface area (Å²) in [4.78, 5) is 3.58. The average Bonchev–Trinajstić information content (AvgIpc) is 2.06. The number of aryl methyl sites for hydroxylation is 1. The van der Waals surface area contributed by atoms with Crippen LogP contribution in [0.5, 0.6) is 5.75 Å². The first-order valence-electron chi connectivity index (χ1n) is 3.70. The third-order valence-electron chi connectivity index (χ3n) is 1.46. The van der Waals surface area contributed by atoms with Gasteiger partial charge in [0.1, 0.15) is 6.67 Å². The summed E-state index contributed by atoms with van der Waals surface area (Å²) >= 11 is 0. The van der Waals surface area contributed by atoms with Gasteiger partial charge in [-0.3, -0.25) is 4.98 Å². The van der Waals surface area contributed by atoms with Gasteiger partial charge in [0.05, 0.1) is 11.4 Å². The van der Waals surface area contributed by atoms with Crippen LogP contribution >= 0.6 is 0 Å². The third kappa shape index (κ3) is 2.86. The highest BCUT2D eigenvalue weighted by Crippen LogP contribution is 2.24. The summed E-state index contributed by atoms with van der Waals surface area (Å²) < 4.78 is 51.0. The Labute approximate surface area is 77.5 Å². The number of hydrogen-bond donors (Lipinski definition) is 0. The maximum atomic E-state index is 12.0. The van der Waals surface area contributed by atoms with Crippen LogP contribution in [0.4, 0.5) is 17.6 Å². The van der Waals surface area contributed by atoms with E-state index in [1.165, 1.54) is 6.92 Å². The van der Waals surface area contributed by atoms with Crippen LogP contribution in [-0.2, 0) is 6.67 Å². The molecule has 0 aliphatic rings. The molecule has 0 fully saturated rings. The summed E-state index contributed by atoms with van der Waals surface area (Å²) in [7, 11) is 0. The predicted octanol–water partition coefficient (Wildman–Crippen LogP) is 2.76. The summed E-state index contributed by atoms with van der Waals surface area (Å²) in [6.45, 7) is 0.507. The van der Waals surface area contributed by atoms with E-state index in [1.807, 2.05) is 0 Å². The summed E-state index contributed by atoms with van der Waals surface area (Å²) in [6.07, 6.45) is -4.75. The van der Waals surface area contributed by atoms with Gasteiger partial charge in [0.2, 0.25) is 0 Å². The third-order valence-corrected chi connectivity index (χ3v) is 1.46. The Bertz CT molecular complexity index is 324. The van der Waals surface area contributed by atoms with Gasteiger partial charge in [-0.25, -0.2) is 4.39 Å². The van der Waals surface area contributed by atoms with Crippen LogP contribution in [0, 0.1) is 6.92 Å². The zero-order valence-corrected chi connectivity index (χ0v) is 7.23. The molecule has 6 heteroatoms. The molecule has 78 valence electrons. The number of rotatable bonds is 2. The van der Waals surface area contributed by atoms with E-state index in [0.29, 0.717) is 0 Å². The first kappa shape index (κ1) is 10.7. The van der Waals surface area contributed by atoms with Crippen molar-refractivity contribution >= 4 is 0 Å². The van der Waals surface area contributed by atoms with Crippen molar-refractivity contribution in [3.8, 4) is 5.75 Å². The van der Waals surface area contributed by atoms with E-state index in [4.69, 9.17) is 0 Å². The molecule has 1 rings (SSSR count). The van der Waals surface area contributed by atoms with Crippen molar-refractivity contribution in [2.75, 3.05) is 0 Å². The van der Waals surface area contributed by atoms with Gasteiger partial charge in [-0.05, 0) is 19.1 Å². The Kier molecular flexibility index (Phi) is 2.93. The van der Waals surface area contributed by atoms with E-state index in [0.717, 1.165) is 12.1 Å². The molecule has 0 aliphatic carbocycles. The zero-order chi connectivity index (χ0) is 10.8. The summed E-state index contributed by atoms with van der Waals surface area (Å²) in [5, 5.41) is 0. The monoisotopic (exact) mass is 209 g/mol. The molecule has 1 aromatic rings. The molecule has 0 bridgehead atoms. The standard InChI is InChI=1S/C8H7F4NO/c1-5-7(14-8(10,11)12)3-2-6(4-9)13-5/h2-3H,4H2,1H3. The topological polar surface area (TPSA) is 22.1 Å². The smallest absolute Gasteiger partial charge is 0.404 e. The molecular formula is C8H7F4NO. The van der Waals surface area contributed by atoms with Crippen LogP contribution in [0.15, 0.2) is 12.1 Å². The molecule has 1 aromatic heterocycles. The van der Waals surface area contributed by atoms with E-state index >= 15 is 0 Å². The Balaban J connectivity index is 2.89. The lowest BCUT2D eigenvalue weighted by Gasteiger charge is -2.10. The van der Waals surface area contributed by atoms with Crippen molar-refractivity contribution in [1.29, 1.82) is 0 Å². The molecular weight excluding hydrogens is 202 g/mol. The number of aromatic nitrogens is 1. The molecule has 2 nitrogen and oxygen atoms in total. The van der Waals surface area contributed by atoms with Crippen molar-refractivity contribution in [2.24, 2.45) is 0 Å². The highest BCUT2D eigenvalue weighted by molar-refractivity contribution is 5.28. The highest BCUT2D eigenvalue weighted by atomic mass is 19.4. The molecule has 0 unspecified atom stereocenters. The number of alkyl halides is 4. The van der Waals surface area contributed by atoms with E-state index in [-0.39, 0.29) is 11.4 Å². The predicted molar refractivity (Wildman–Crippen MR) is 40.5 cm³/mol. The summed E-state index contributed by atoms with van der Waals surface area (Å²) in [5.41, 5.74) is 0.0921. The van der Waals surface area contributed by atoms with Crippen LogP contribution < -0.4 is 4.74 Å². The quantitative estimate of drug-likeness (QED) is 0.698. The van der Waals surface area contributed by atoms with Gasteiger partial charge in [0.15, 0.2) is 5.75 Å². The van der Waals surface area contributed by atoms with Gasteiger partial charge in [0, 0.05) is 0 Å². The molecule has 0 saturated heterocycles. The molecule has 0 aromatic carbocycles. The average molecular weight is 209 g/mol. The van der Waals surface area contributed by atoms with Gasteiger partial charge < -0.3 is 4.74 Å². The molecule has 0 amide bonds. The summed E-state index contributed by atoms with van der Waals surface area (Å²) in [5.74, 6) is -0.408. The van der Waals surface area contributed by atoms with Crippen molar-refractivity contribution in [3.05, 3.63) is 23.5 Å². The molecule has 0 aliphatic heterocycles. The number of pyridine rings is 1. The highest BCUT2D eigenvalue weighted by Gasteiger charge is 2.31. The van der Waals surface area contributed by atoms with Crippen molar-refractivity contribution in [3.63, 3.8) is 0 Å². The molecule has 0 saturated carbocycles. The molecule has 0 spiro atoms. The van der Waals surface area contributed by atoms with Crippen molar-refractivity contribution in [1.82, 2.24) is 4.98 Å². The fraction of sp³-hybridized carbons (Fsp3) is 0.375. The number of halogens is 4. The second kappa shape index (κ2) is 3.81. The van der Waals surface area contributed by atoms with Gasteiger partial charge in [-0.1, -0.05) is 0 Å². The first-order valence-corrected chi connectivity index (χ1v) is 3.70. The first-order chi connectivity index (χ1) is 6.42. The van der Waals surface area contributed by atoms with E-state index in [9.17, 15) is 17.6 Å². The van der Waals surface area contributed by atoms with E-state index < -0.39 is 18.8 Å². The Morgan fingerprint density at radius 2 is 2.00 bits per heavy atom. The van der Waals surface area contributed by atoms with Gasteiger partial charge in [-0.2, -0.15) is 0 Å². The minimum absolute atomic E-state index is 0.0116. The fourth-order valence-electron chi connectivity index (χ4n) is 0.907. The molecule has 0 atom stereocenters. The van der Waals surface area contributed by atoms with Crippen LogP contribution in [0.25, 0.3) is 0 Å². The Morgan fingerprint density at radius 3 is 2.43 bits per heavy atom. The Hall–Kier alpha value is -1.33. The molecule has 0 N–H and O–H groups in total. The van der Waals surface area contributed by atoms with Crippen LogP contribution in [0.3, 0.4) is 0 Å². The Morgan fingerprint density at radius 1 is 1.36 bits per heavy atom. The lowest BCUT2D eigenvalue weighted by Crippen LogP contribution is -2.18. The maximum absolute atomic E-state index is 12.0. The normalized spacial score (nSPS) is 11.5. The lowest BCUT2D eigenvalue weighted by molar-refractivity contribution is -0.275. The lowest BCUT2D eigenvalue weighted by atomic mass is 10.3. The zero-order valence-electron chi connectivity index (χ0n) is 7.23. The van der Waals surface area contributed by atoms with Gasteiger partial charge >= 0.3 is 6.36 Å². The second-order valence-corrected chi connectivity index (χ2v) is 2.57. The van der Waals surface area contributed by atoms with Gasteiger partial charge in [-0.15, -0.1) is 13.2 Å². The van der Waals surface area contributed by atoms with Crippen molar-refractivity contribution < 1.29 is 22.3 Å². The van der Waals surface area contributed by atoms with Crippen LogP contribution in [0.2, 0.25) is 0 Å². The van der Waals surface area contributed by atoms with Gasteiger partial charge in [0.25, 0.3) is 0 Å². The number of ether oxygens (including phenoxy) is 1. The maximum Gasteiger partial charge on any atom is 0.573 e. The number of nitrogens with zero attached hydrogens (tertiary/aromatic N) is 1. The van der Waals surface area contributed by atoms with Crippen molar-refractivity contribution in [2.45, 2.75) is 20.0 Å². The molecule has 1 heterocycles. The van der Waals surface area contributed by atoms with Crippen LogP contribution in [-0.4, -0.2) is 11.3 Å². The molecule has 14 heavy (non-hydrogen) atoms. The molecule has 0 radical (unpaired) electrons. The minimum atomic E-state index is -4.75. The summed E-state index contributed by atoms with van der Waals surface area (Å²) in [6, 6.07) is 2.19. The van der Waals surface area contributed by atoms with Crippen LogP contribution in [0.1, 0.15) is 11.4 Å². The fourth-order valence-corrected chi connectivity index (χ4v) is 0.907. The SMILES string of the molecule is Cc1nc(CF)ccc1OC(F)(F)F.